The third-order valence-electron chi connectivity index (χ3n) is 7.44. The molecule has 3 atom stereocenters. The van der Waals surface area contributed by atoms with E-state index in [1.807, 2.05) is 57.2 Å². The van der Waals surface area contributed by atoms with Gasteiger partial charge in [-0.05, 0) is 82.9 Å². The smallest absolute Gasteiger partial charge is 0.295 e. The number of anilines is 2. The van der Waals surface area contributed by atoms with Gasteiger partial charge in [0.2, 0.25) is 0 Å². The second kappa shape index (κ2) is 11.7. The van der Waals surface area contributed by atoms with Crippen molar-refractivity contribution in [3.05, 3.63) is 64.8 Å². The molecule has 9 heteroatoms. The van der Waals surface area contributed by atoms with Crippen LogP contribution in [-0.4, -0.2) is 46.7 Å². The Morgan fingerprint density at radius 2 is 1.72 bits per heavy atom. The van der Waals surface area contributed by atoms with Crippen LogP contribution < -0.4 is 20.3 Å². The number of ether oxygens (including phenoxy) is 1. The Morgan fingerprint density at radius 1 is 1.00 bits per heavy atom. The molecule has 1 unspecified atom stereocenters. The zero-order valence-corrected chi connectivity index (χ0v) is 23.1. The lowest BCUT2D eigenvalue weighted by atomic mass is 9.89. The van der Waals surface area contributed by atoms with Gasteiger partial charge in [0.15, 0.2) is 5.76 Å². The van der Waals surface area contributed by atoms with Crippen LogP contribution in [0, 0.1) is 10.1 Å². The summed E-state index contributed by atoms with van der Waals surface area (Å²) in [7, 11) is 0. The minimum absolute atomic E-state index is 0.128. The molecule has 2 N–H and O–H groups in total. The van der Waals surface area contributed by atoms with Crippen LogP contribution in [0.4, 0.5) is 17.4 Å². The van der Waals surface area contributed by atoms with Crippen molar-refractivity contribution < 1.29 is 14.1 Å². The molecule has 1 aromatic heterocycles. The van der Waals surface area contributed by atoms with E-state index in [1.165, 1.54) is 12.8 Å². The molecular formula is C30H39N5O4. The molecule has 1 aliphatic heterocycles. The second-order valence-corrected chi connectivity index (χ2v) is 11.6. The van der Waals surface area contributed by atoms with Crippen LogP contribution in [0.25, 0.3) is 11.3 Å². The Morgan fingerprint density at radius 3 is 2.41 bits per heavy atom. The Balaban J connectivity index is 1.19. The number of non-ortho nitro benzene ring substituents is 1. The minimum Gasteiger partial charge on any atom is -0.488 e. The van der Waals surface area contributed by atoms with Gasteiger partial charge in [0.1, 0.15) is 11.4 Å². The van der Waals surface area contributed by atoms with Crippen molar-refractivity contribution >= 4 is 17.4 Å². The number of hydrogen-bond acceptors (Lipinski definition) is 8. The molecule has 5 rings (SSSR count). The predicted molar refractivity (Wildman–Crippen MR) is 153 cm³/mol. The van der Waals surface area contributed by atoms with Crippen LogP contribution in [0.15, 0.2) is 59.1 Å². The third kappa shape index (κ3) is 7.09. The summed E-state index contributed by atoms with van der Waals surface area (Å²) in [6.07, 6.45) is 8.53. The monoisotopic (exact) mass is 533 g/mol. The standard InChI is InChI=1S/C30H39N5O4/c1-30(2,3)39-25-16-10-21(11-17-25)28-19-31-29(38-28)33-27-9-5-4-8-26(27)32-22-7-6-18-34(20-22)23-12-14-24(15-13-23)35(36)37/h10-17,19,22,26-27,32H,4-9,18,20H2,1-3H3,(H,31,33)/t22?,26-,27-/m1/s1. The number of aromatic nitrogens is 1. The molecule has 39 heavy (non-hydrogen) atoms. The van der Waals surface area contributed by atoms with E-state index in [2.05, 4.69) is 20.5 Å². The van der Waals surface area contributed by atoms with Crippen LogP contribution in [0.2, 0.25) is 0 Å². The molecule has 2 fully saturated rings. The number of nitro benzene ring substituents is 1. The molecular weight excluding hydrogens is 494 g/mol. The summed E-state index contributed by atoms with van der Waals surface area (Å²) in [5.74, 6) is 1.56. The van der Waals surface area contributed by atoms with Crippen molar-refractivity contribution in [1.82, 2.24) is 10.3 Å². The first-order chi connectivity index (χ1) is 18.7. The highest BCUT2D eigenvalue weighted by Gasteiger charge is 2.30. The first kappa shape index (κ1) is 27.0. The summed E-state index contributed by atoms with van der Waals surface area (Å²) in [6, 6.07) is 16.3. The summed E-state index contributed by atoms with van der Waals surface area (Å²) >= 11 is 0. The molecule has 2 heterocycles. The fraction of sp³-hybridized carbons (Fsp3) is 0.500. The molecule has 1 saturated carbocycles. The largest absolute Gasteiger partial charge is 0.488 e. The predicted octanol–water partition coefficient (Wildman–Crippen LogP) is 6.41. The minimum atomic E-state index is -0.351. The van der Waals surface area contributed by atoms with E-state index in [-0.39, 0.29) is 22.3 Å². The molecule has 1 aliphatic carbocycles. The number of nitrogens with one attached hydrogen (secondary N) is 2. The van der Waals surface area contributed by atoms with Crippen molar-refractivity contribution in [2.75, 3.05) is 23.3 Å². The number of oxazole rings is 1. The average Bonchev–Trinajstić information content (AvgIpc) is 3.38. The van der Waals surface area contributed by atoms with Crippen molar-refractivity contribution in [2.24, 2.45) is 0 Å². The number of benzene rings is 2. The number of hydrogen-bond donors (Lipinski definition) is 2. The van der Waals surface area contributed by atoms with Gasteiger partial charge in [-0.2, -0.15) is 0 Å². The lowest BCUT2D eigenvalue weighted by Gasteiger charge is -2.40. The number of nitrogens with zero attached hydrogens (tertiary/aromatic N) is 3. The maximum absolute atomic E-state index is 11.0. The molecule has 0 bridgehead atoms. The second-order valence-electron chi connectivity index (χ2n) is 11.6. The maximum Gasteiger partial charge on any atom is 0.295 e. The summed E-state index contributed by atoms with van der Waals surface area (Å²) in [5.41, 5.74) is 1.89. The van der Waals surface area contributed by atoms with Gasteiger partial charge in [0, 0.05) is 54.6 Å². The SMILES string of the molecule is CC(C)(C)Oc1ccc(-c2cnc(N[C@@H]3CCCC[C@H]3NC3CCCN(c4ccc([N+](=O)[O-])cc4)C3)o2)cc1. The lowest BCUT2D eigenvalue weighted by Crippen LogP contribution is -2.54. The van der Waals surface area contributed by atoms with Crippen LogP contribution in [0.3, 0.4) is 0 Å². The molecule has 2 aromatic carbocycles. The quantitative estimate of drug-likeness (QED) is 0.253. The fourth-order valence-electron chi connectivity index (χ4n) is 5.61. The van der Waals surface area contributed by atoms with Gasteiger partial charge >= 0.3 is 0 Å². The molecule has 2 aliphatic rings. The van der Waals surface area contributed by atoms with Crippen molar-refractivity contribution in [2.45, 2.75) is 83.0 Å². The van der Waals surface area contributed by atoms with Gasteiger partial charge in [0.05, 0.1) is 11.1 Å². The van der Waals surface area contributed by atoms with Crippen molar-refractivity contribution in [3.8, 4) is 17.1 Å². The van der Waals surface area contributed by atoms with Gasteiger partial charge in [-0.3, -0.25) is 10.1 Å². The van der Waals surface area contributed by atoms with E-state index >= 15 is 0 Å². The Labute approximate surface area is 230 Å². The van der Waals surface area contributed by atoms with E-state index in [0.29, 0.717) is 18.1 Å². The van der Waals surface area contributed by atoms with E-state index in [4.69, 9.17) is 9.15 Å². The highest BCUT2D eigenvalue weighted by Crippen LogP contribution is 2.29. The number of rotatable bonds is 8. The Kier molecular flexibility index (Phi) is 8.07. The summed E-state index contributed by atoms with van der Waals surface area (Å²) in [6.45, 7) is 7.95. The molecule has 9 nitrogen and oxygen atoms in total. The van der Waals surface area contributed by atoms with E-state index in [1.54, 1.807) is 18.3 Å². The van der Waals surface area contributed by atoms with Crippen LogP contribution in [0.5, 0.6) is 5.75 Å². The molecule has 3 aromatic rings. The van der Waals surface area contributed by atoms with Gasteiger partial charge in [0.25, 0.3) is 11.7 Å². The Bertz CT molecular complexity index is 1240. The van der Waals surface area contributed by atoms with Crippen LogP contribution in [0.1, 0.15) is 59.3 Å². The highest BCUT2D eigenvalue weighted by molar-refractivity contribution is 5.58. The first-order valence-electron chi connectivity index (χ1n) is 14.0. The van der Waals surface area contributed by atoms with Gasteiger partial charge in [-0.1, -0.05) is 12.8 Å². The van der Waals surface area contributed by atoms with E-state index in [0.717, 1.165) is 61.5 Å². The van der Waals surface area contributed by atoms with E-state index in [9.17, 15) is 10.1 Å². The molecule has 0 amide bonds. The first-order valence-corrected chi connectivity index (χ1v) is 14.0. The fourth-order valence-corrected chi connectivity index (χ4v) is 5.61. The molecule has 0 spiro atoms. The summed E-state index contributed by atoms with van der Waals surface area (Å²) in [4.78, 5) is 17.5. The molecule has 1 saturated heterocycles. The Hall–Kier alpha value is -3.59. The van der Waals surface area contributed by atoms with Crippen molar-refractivity contribution in [1.29, 1.82) is 0 Å². The van der Waals surface area contributed by atoms with Gasteiger partial charge < -0.3 is 24.7 Å². The van der Waals surface area contributed by atoms with Crippen molar-refractivity contribution in [3.63, 3.8) is 0 Å². The normalized spacial score (nSPS) is 21.9. The topological polar surface area (TPSA) is 106 Å². The maximum atomic E-state index is 11.0. The van der Waals surface area contributed by atoms with E-state index < -0.39 is 0 Å². The highest BCUT2D eigenvalue weighted by atomic mass is 16.6. The zero-order valence-electron chi connectivity index (χ0n) is 23.1. The lowest BCUT2D eigenvalue weighted by molar-refractivity contribution is -0.384. The molecule has 0 radical (unpaired) electrons. The summed E-state index contributed by atoms with van der Waals surface area (Å²) < 4.78 is 12.0. The molecule has 208 valence electrons. The number of piperidine rings is 1. The van der Waals surface area contributed by atoms with Crippen LogP contribution >= 0.6 is 0 Å². The average molecular weight is 534 g/mol. The van der Waals surface area contributed by atoms with Crippen LogP contribution in [-0.2, 0) is 0 Å². The zero-order chi connectivity index (χ0) is 27.4. The summed E-state index contributed by atoms with van der Waals surface area (Å²) in [5, 5.41) is 18.5. The van der Waals surface area contributed by atoms with Gasteiger partial charge in [-0.15, -0.1) is 0 Å². The third-order valence-corrected chi connectivity index (χ3v) is 7.44. The van der Waals surface area contributed by atoms with Gasteiger partial charge in [-0.25, -0.2) is 4.98 Å². The number of nitro groups is 1.